The van der Waals surface area contributed by atoms with Gasteiger partial charge in [-0.1, -0.05) is 18.2 Å². The highest BCUT2D eigenvalue weighted by molar-refractivity contribution is 5.88. The maximum atomic E-state index is 11.2. The van der Waals surface area contributed by atoms with Crippen LogP contribution in [0.4, 0.5) is 13.2 Å². The molecule has 0 radical (unpaired) electrons. The second-order valence-corrected chi connectivity index (χ2v) is 7.09. The van der Waals surface area contributed by atoms with Crippen LogP contribution in [0, 0.1) is 0 Å². The number of rotatable bonds is 6. The van der Waals surface area contributed by atoms with Gasteiger partial charge in [-0.2, -0.15) is 13.2 Å². The summed E-state index contributed by atoms with van der Waals surface area (Å²) in [4.78, 5) is 28.3. The van der Waals surface area contributed by atoms with Crippen LogP contribution in [0.5, 0.6) is 11.6 Å². The normalized spacial score (nSPS) is 11.0. The zero-order valence-corrected chi connectivity index (χ0v) is 17.9. The fraction of sp³-hybridized carbons (Fsp3) is 0.130. The Balaban J connectivity index is 0.000000429. The molecular weight excluding hydrogens is 469 g/mol. The van der Waals surface area contributed by atoms with E-state index in [9.17, 15) is 23.1 Å². The molecule has 2 aromatic carbocycles. The van der Waals surface area contributed by atoms with Crippen LogP contribution in [0.1, 0.15) is 21.6 Å². The van der Waals surface area contributed by atoms with Crippen LogP contribution in [0.15, 0.2) is 67.1 Å². The Labute approximate surface area is 196 Å². The number of fused-ring (bicyclic) bond motifs is 1. The predicted molar refractivity (Wildman–Crippen MR) is 118 cm³/mol. The number of alkyl halides is 3. The van der Waals surface area contributed by atoms with E-state index >= 15 is 0 Å². The van der Waals surface area contributed by atoms with Gasteiger partial charge in [0.05, 0.1) is 16.8 Å². The van der Waals surface area contributed by atoms with Gasteiger partial charge in [-0.15, -0.1) is 0 Å². The number of carboxylic acids is 2. The zero-order valence-electron chi connectivity index (χ0n) is 17.9. The molecule has 4 rings (SSSR count). The molecule has 182 valence electrons. The molecule has 4 aromatic rings. The summed E-state index contributed by atoms with van der Waals surface area (Å²) >= 11 is 0. The van der Waals surface area contributed by atoms with Gasteiger partial charge in [0.2, 0.25) is 5.88 Å². The molecule has 0 amide bonds. The molecule has 0 spiro atoms. The van der Waals surface area contributed by atoms with Crippen LogP contribution in [0.25, 0.3) is 10.9 Å². The van der Waals surface area contributed by atoms with Crippen molar-refractivity contribution < 1.29 is 37.7 Å². The third-order valence-electron chi connectivity index (χ3n) is 4.67. The van der Waals surface area contributed by atoms with E-state index in [2.05, 4.69) is 14.5 Å². The average molecular weight is 488 g/mol. The first-order valence-electron chi connectivity index (χ1n) is 9.97. The Hall–Kier alpha value is -4.45. The molecule has 2 aromatic heterocycles. The molecule has 0 saturated carbocycles. The molecule has 4 N–H and O–H groups in total. The minimum absolute atomic E-state index is 0.275. The lowest BCUT2D eigenvalue weighted by Gasteiger charge is -2.09. The number of carboxylic acid groups (broad SMARTS) is 2. The summed E-state index contributed by atoms with van der Waals surface area (Å²) in [6.07, 6.45) is -1.70. The summed E-state index contributed by atoms with van der Waals surface area (Å²) in [5.74, 6) is -2.58. The van der Waals surface area contributed by atoms with Gasteiger partial charge in [-0.3, -0.25) is 0 Å². The van der Waals surface area contributed by atoms with Crippen molar-refractivity contribution in [2.45, 2.75) is 19.3 Å². The summed E-state index contributed by atoms with van der Waals surface area (Å²) in [5.41, 5.74) is 8.49. The second-order valence-electron chi connectivity index (χ2n) is 7.09. The van der Waals surface area contributed by atoms with Gasteiger partial charge < -0.3 is 25.3 Å². The third-order valence-corrected chi connectivity index (χ3v) is 4.67. The van der Waals surface area contributed by atoms with E-state index in [1.54, 1.807) is 24.3 Å². The zero-order chi connectivity index (χ0) is 25.6. The first kappa shape index (κ1) is 25.2. The molecule has 0 fully saturated rings. The lowest BCUT2D eigenvalue weighted by Crippen LogP contribution is -2.21. The van der Waals surface area contributed by atoms with Crippen molar-refractivity contribution in [3.8, 4) is 11.6 Å². The average Bonchev–Trinajstić information content (AvgIpc) is 3.23. The monoisotopic (exact) mass is 488 g/mol. The molecule has 9 nitrogen and oxygen atoms in total. The van der Waals surface area contributed by atoms with E-state index < -0.39 is 18.1 Å². The van der Waals surface area contributed by atoms with Crippen molar-refractivity contribution in [3.63, 3.8) is 0 Å². The number of hydrogen-bond acceptors (Lipinski definition) is 6. The quantitative estimate of drug-likeness (QED) is 0.369. The lowest BCUT2D eigenvalue weighted by molar-refractivity contribution is -0.192. The minimum atomic E-state index is -5.08. The Kier molecular flexibility index (Phi) is 7.66. The fourth-order valence-electron chi connectivity index (χ4n) is 3.08. The van der Waals surface area contributed by atoms with Crippen LogP contribution >= 0.6 is 0 Å². The summed E-state index contributed by atoms with van der Waals surface area (Å²) in [6.45, 7) is 0.869. The number of carbonyl (C=O) groups is 2. The van der Waals surface area contributed by atoms with Crippen molar-refractivity contribution in [3.05, 3.63) is 83.9 Å². The van der Waals surface area contributed by atoms with Gasteiger partial charge in [0.1, 0.15) is 12.1 Å². The second kappa shape index (κ2) is 10.7. The standard InChI is InChI=1S/C21H18N4O3.C2HF3O2/c22-11-16-10-20(24-13-23-16)28-19-6-2-5-18-17(19)7-8-25(18)12-14-3-1-4-15(9-14)21(26)27;3-2(4,5)1(6)7/h1-10,13H,11-12,22H2,(H,26,27);(H,6,7). The van der Waals surface area contributed by atoms with Crippen molar-refractivity contribution >= 4 is 22.8 Å². The van der Waals surface area contributed by atoms with Crippen LogP contribution < -0.4 is 10.5 Å². The molecule has 0 aliphatic carbocycles. The molecule has 0 atom stereocenters. The van der Waals surface area contributed by atoms with Crippen LogP contribution in [0.3, 0.4) is 0 Å². The maximum absolute atomic E-state index is 11.2. The Morgan fingerprint density at radius 3 is 2.40 bits per heavy atom. The van der Waals surface area contributed by atoms with Crippen molar-refractivity contribution in [2.75, 3.05) is 0 Å². The van der Waals surface area contributed by atoms with Gasteiger partial charge in [0, 0.05) is 30.7 Å². The highest BCUT2D eigenvalue weighted by Crippen LogP contribution is 2.30. The molecule has 0 aliphatic rings. The fourth-order valence-corrected chi connectivity index (χ4v) is 3.08. The number of nitrogens with zero attached hydrogens (tertiary/aromatic N) is 3. The van der Waals surface area contributed by atoms with Crippen LogP contribution in [-0.2, 0) is 17.9 Å². The van der Waals surface area contributed by atoms with Crippen molar-refractivity contribution in [1.82, 2.24) is 14.5 Å². The number of ether oxygens (including phenoxy) is 1. The molecule has 0 bridgehead atoms. The Bertz CT molecular complexity index is 1350. The molecule has 0 unspecified atom stereocenters. The Morgan fingerprint density at radius 1 is 1.03 bits per heavy atom. The van der Waals surface area contributed by atoms with E-state index in [0.29, 0.717) is 30.4 Å². The van der Waals surface area contributed by atoms with Gasteiger partial charge in [0.25, 0.3) is 0 Å². The van der Waals surface area contributed by atoms with Crippen LogP contribution in [0.2, 0.25) is 0 Å². The number of aliphatic carboxylic acids is 1. The van der Waals surface area contributed by atoms with E-state index in [4.69, 9.17) is 20.4 Å². The largest absolute Gasteiger partial charge is 0.490 e. The third kappa shape index (κ3) is 6.54. The number of aromatic nitrogens is 3. The predicted octanol–water partition coefficient (Wildman–Crippen LogP) is 4.06. The number of aromatic carboxylic acids is 1. The molecule has 0 saturated heterocycles. The van der Waals surface area contributed by atoms with Crippen molar-refractivity contribution in [2.24, 2.45) is 5.73 Å². The molecular formula is C23H19F3N4O5. The highest BCUT2D eigenvalue weighted by Gasteiger charge is 2.38. The lowest BCUT2D eigenvalue weighted by atomic mass is 10.1. The SMILES string of the molecule is NCc1cc(Oc2cccc3c2ccn3Cc2cccc(C(=O)O)c2)ncn1.O=C(O)C(F)(F)F. The first-order valence-corrected chi connectivity index (χ1v) is 9.97. The molecule has 0 aliphatic heterocycles. The molecule has 35 heavy (non-hydrogen) atoms. The number of nitrogens with two attached hydrogens (primary N) is 1. The summed E-state index contributed by atoms with van der Waals surface area (Å²) < 4.78 is 39.7. The number of hydrogen-bond donors (Lipinski definition) is 3. The van der Waals surface area contributed by atoms with Crippen molar-refractivity contribution in [1.29, 1.82) is 0 Å². The van der Waals surface area contributed by atoms with Gasteiger partial charge >= 0.3 is 18.1 Å². The topological polar surface area (TPSA) is 141 Å². The van der Waals surface area contributed by atoms with Gasteiger partial charge in [0.15, 0.2) is 0 Å². The molecule has 2 heterocycles. The highest BCUT2D eigenvalue weighted by atomic mass is 19.4. The maximum Gasteiger partial charge on any atom is 0.490 e. The van der Waals surface area contributed by atoms with E-state index in [0.717, 1.165) is 16.5 Å². The first-order chi connectivity index (χ1) is 16.6. The summed E-state index contributed by atoms with van der Waals surface area (Å²) in [7, 11) is 0. The number of halogens is 3. The summed E-state index contributed by atoms with van der Waals surface area (Å²) in [6, 6.07) is 16.4. The smallest absolute Gasteiger partial charge is 0.478 e. The molecule has 12 heteroatoms. The van der Waals surface area contributed by atoms with Gasteiger partial charge in [-0.25, -0.2) is 19.6 Å². The summed E-state index contributed by atoms with van der Waals surface area (Å²) in [5, 5.41) is 17.2. The van der Waals surface area contributed by atoms with Crippen LogP contribution in [-0.4, -0.2) is 42.9 Å². The number of benzene rings is 2. The van der Waals surface area contributed by atoms with E-state index in [-0.39, 0.29) is 5.56 Å². The van der Waals surface area contributed by atoms with E-state index in [1.165, 1.54) is 6.33 Å². The van der Waals surface area contributed by atoms with E-state index in [1.807, 2.05) is 36.5 Å². The minimum Gasteiger partial charge on any atom is -0.478 e. The Morgan fingerprint density at radius 2 is 1.74 bits per heavy atom. The van der Waals surface area contributed by atoms with Gasteiger partial charge in [-0.05, 0) is 35.9 Å².